The Bertz CT molecular complexity index is 733. The van der Waals surface area contributed by atoms with Crippen LogP contribution in [-0.4, -0.2) is 19.7 Å². The third-order valence-corrected chi connectivity index (χ3v) is 2.70. The highest BCUT2D eigenvalue weighted by Gasteiger charge is 2.16. The lowest BCUT2D eigenvalue weighted by Gasteiger charge is -1.98. The fraction of sp³-hybridized carbons (Fsp3) is 0.0833. The molecule has 19 heavy (non-hydrogen) atoms. The van der Waals surface area contributed by atoms with E-state index in [2.05, 4.69) is 15.1 Å². The number of halogens is 1. The molecule has 0 fully saturated rings. The Morgan fingerprint density at radius 3 is 2.89 bits per heavy atom. The molecule has 3 rings (SSSR count). The van der Waals surface area contributed by atoms with Gasteiger partial charge in [-0.15, -0.1) is 0 Å². The van der Waals surface area contributed by atoms with Crippen molar-refractivity contribution in [2.24, 2.45) is 7.05 Å². The van der Waals surface area contributed by atoms with E-state index in [9.17, 15) is 4.39 Å². The summed E-state index contributed by atoms with van der Waals surface area (Å²) < 4.78 is 20.6. The molecule has 6 nitrogen and oxygen atoms in total. The maximum Gasteiger partial charge on any atom is 0.261 e. The van der Waals surface area contributed by atoms with Gasteiger partial charge in [0, 0.05) is 12.7 Å². The highest BCUT2D eigenvalue weighted by molar-refractivity contribution is 5.60. The van der Waals surface area contributed by atoms with Crippen molar-refractivity contribution in [3.05, 3.63) is 36.5 Å². The normalized spacial score (nSPS) is 10.8. The second-order valence-corrected chi connectivity index (χ2v) is 4.05. The predicted molar refractivity (Wildman–Crippen MR) is 66.3 cm³/mol. The maximum atomic E-state index is 13.7. The van der Waals surface area contributed by atoms with E-state index >= 15 is 0 Å². The molecular formula is C12H10FN5O. The van der Waals surface area contributed by atoms with Gasteiger partial charge < -0.3 is 14.8 Å². The third kappa shape index (κ3) is 1.95. The number of anilines is 1. The minimum atomic E-state index is -0.500. The van der Waals surface area contributed by atoms with Crippen LogP contribution in [-0.2, 0) is 7.05 Å². The van der Waals surface area contributed by atoms with Crippen LogP contribution in [0.15, 0.2) is 35.2 Å². The third-order valence-electron chi connectivity index (χ3n) is 2.70. The predicted octanol–water partition coefficient (Wildman–Crippen LogP) is 1.86. The van der Waals surface area contributed by atoms with Gasteiger partial charge in [-0.3, -0.25) is 0 Å². The van der Waals surface area contributed by atoms with E-state index in [1.807, 2.05) is 7.05 Å². The van der Waals surface area contributed by atoms with Gasteiger partial charge in [0.15, 0.2) is 0 Å². The number of imidazole rings is 1. The molecule has 2 aromatic heterocycles. The van der Waals surface area contributed by atoms with Crippen LogP contribution >= 0.6 is 0 Å². The van der Waals surface area contributed by atoms with Gasteiger partial charge in [0.05, 0.1) is 18.1 Å². The Morgan fingerprint density at radius 1 is 1.37 bits per heavy atom. The van der Waals surface area contributed by atoms with Gasteiger partial charge in [-0.1, -0.05) is 5.16 Å². The first-order valence-corrected chi connectivity index (χ1v) is 5.51. The van der Waals surface area contributed by atoms with Gasteiger partial charge in [0.25, 0.3) is 5.89 Å². The number of aryl methyl sites for hydroxylation is 1. The standard InChI is InChI=1S/C12H10FN5O/c1-18-6-15-5-10(18)11-16-12(19-17-11)8-3-2-7(14)4-9(8)13/h2-6H,14H2,1H3. The lowest BCUT2D eigenvalue weighted by molar-refractivity contribution is 0.429. The van der Waals surface area contributed by atoms with Crippen LogP contribution in [0.3, 0.4) is 0 Å². The number of aromatic nitrogens is 4. The van der Waals surface area contributed by atoms with Gasteiger partial charge in [0.1, 0.15) is 11.5 Å². The first-order valence-electron chi connectivity index (χ1n) is 5.51. The highest BCUT2D eigenvalue weighted by Crippen LogP contribution is 2.25. The monoisotopic (exact) mass is 259 g/mol. The Labute approximate surface area is 107 Å². The minimum absolute atomic E-state index is 0.105. The van der Waals surface area contributed by atoms with Crippen LogP contribution in [0.25, 0.3) is 23.0 Å². The Morgan fingerprint density at radius 2 is 2.21 bits per heavy atom. The van der Waals surface area contributed by atoms with E-state index in [4.69, 9.17) is 10.3 Å². The van der Waals surface area contributed by atoms with Crippen LogP contribution in [0.5, 0.6) is 0 Å². The lowest BCUT2D eigenvalue weighted by atomic mass is 10.2. The zero-order valence-corrected chi connectivity index (χ0v) is 10.0. The van der Waals surface area contributed by atoms with Crippen LogP contribution in [0.2, 0.25) is 0 Å². The number of nitrogens with zero attached hydrogens (tertiary/aromatic N) is 4. The summed E-state index contributed by atoms with van der Waals surface area (Å²) in [4.78, 5) is 8.11. The Balaban J connectivity index is 2.04. The van der Waals surface area contributed by atoms with Crippen molar-refractivity contribution in [2.45, 2.75) is 0 Å². The summed E-state index contributed by atoms with van der Waals surface area (Å²) in [7, 11) is 1.81. The molecule has 0 radical (unpaired) electrons. The number of hydrogen-bond donors (Lipinski definition) is 1. The van der Waals surface area contributed by atoms with E-state index in [0.717, 1.165) is 0 Å². The summed E-state index contributed by atoms with van der Waals surface area (Å²) >= 11 is 0. The summed E-state index contributed by atoms with van der Waals surface area (Å²) in [6.07, 6.45) is 3.23. The minimum Gasteiger partial charge on any atom is -0.399 e. The number of hydrogen-bond acceptors (Lipinski definition) is 5. The number of nitrogens with two attached hydrogens (primary N) is 1. The fourth-order valence-corrected chi connectivity index (χ4v) is 1.71. The van der Waals surface area contributed by atoms with E-state index in [0.29, 0.717) is 17.2 Å². The smallest absolute Gasteiger partial charge is 0.261 e. The van der Waals surface area contributed by atoms with E-state index in [1.165, 1.54) is 12.1 Å². The molecule has 0 aliphatic carbocycles. The number of nitrogen functional groups attached to an aromatic ring is 1. The van der Waals surface area contributed by atoms with Crippen molar-refractivity contribution in [3.63, 3.8) is 0 Å². The SMILES string of the molecule is Cn1cncc1-c1noc(-c2ccc(N)cc2F)n1. The molecule has 96 valence electrons. The summed E-state index contributed by atoms with van der Waals surface area (Å²) in [5.74, 6) is -0.0415. The van der Waals surface area contributed by atoms with Gasteiger partial charge >= 0.3 is 0 Å². The first kappa shape index (κ1) is 11.4. The summed E-state index contributed by atoms with van der Waals surface area (Å²) in [5, 5.41) is 3.81. The second kappa shape index (κ2) is 4.20. The molecule has 0 saturated heterocycles. The second-order valence-electron chi connectivity index (χ2n) is 4.05. The van der Waals surface area contributed by atoms with Crippen LogP contribution < -0.4 is 5.73 Å². The van der Waals surface area contributed by atoms with Crippen LogP contribution in [0.4, 0.5) is 10.1 Å². The van der Waals surface area contributed by atoms with E-state index in [1.54, 1.807) is 23.2 Å². The lowest BCUT2D eigenvalue weighted by Crippen LogP contribution is -1.91. The van der Waals surface area contributed by atoms with Gasteiger partial charge in [-0.05, 0) is 18.2 Å². The fourth-order valence-electron chi connectivity index (χ4n) is 1.71. The molecule has 0 bridgehead atoms. The molecule has 2 N–H and O–H groups in total. The Kier molecular flexibility index (Phi) is 2.52. The zero-order valence-electron chi connectivity index (χ0n) is 10.0. The van der Waals surface area contributed by atoms with Crippen molar-refractivity contribution < 1.29 is 8.91 Å². The molecule has 0 aliphatic rings. The molecule has 7 heteroatoms. The van der Waals surface area contributed by atoms with Crippen molar-refractivity contribution in [2.75, 3.05) is 5.73 Å². The van der Waals surface area contributed by atoms with Gasteiger partial charge in [-0.25, -0.2) is 9.37 Å². The molecule has 0 aliphatic heterocycles. The van der Waals surface area contributed by atoms with Gasteiger partial charge in [0.2, 0.25) is 5.82 Å². The molecule has 1 aromatic carbocycles. The molecule has 0 spiro atoms. The van der Waals surface area contributed by atoms with Crippen molar-refractivity contribution in [1.29, 1.82) is 0 Å². The maximum absolute atomic E-state index is 13.7. The average molecular weight is 259 g/mol. The largest absolute Gasteiger partial charge is 0.399 e. The topological polar surface area (TPSA) is 82.8 Å². The molecule has 2 heterocycles. The van der Waals surface area contributed by atoms with Crippen molar-refractivity contribution in [3.8, 4) is 23.0 Å². The summed E-state index contributed by atoms with van der Waals surface area (Å²) in [6, 6.07) is 4.29. The molecule has 3 aromatic rings. The first-order chi connectivity index (χ1) is 9.15. The molecule has 0 saturated carbocycles. The van der Waals surface area contributed by atoms with E-state index < -0.39 is 5.82 Å². The average Bonchev–Trinajstić information content (AvgIpc) is 2.97. The summed E-state index contributed by atoms with van der Waals surface area (Å²) in [5.41, 5.74) is 6.73. The quantitative estimate of drug-likeness (QED) is 0.710. The Hall–Kier alpha value is -2.70. The number of rotatable bonds is 2. The summed E-state index contributed by atoms with van der Waals surface area (Å²) in [6.45, 7) is 0. The van der Waals surface area contributed by atoms with Gasteiger partial charge in [-0.2, -0.15) is 4.98 Å². The zero-order chi connectivity index (χ0) is 13.4. The molecule has 0 atom stereocenters. The molecule has 0 unspecified atom stereocenters. The van der Waals surface area contributed by atoms with Crippen LogP contribution in [0.1, 0.15) is 0 Å². The van der Waals surface area contributed by atoms with Crippen molar-refractivity contribution in [1.82, 2.24) is 19.7 Å². The van der Waals surface area contributed by atoms with E-state index in [-0.39, 0.29) is 11.5 Å². The highest BCUT2D eigenvalue weighted by atomic mass is 19.1. The molecular weight excluding hydrogens is 249 g/mol. The molecule has 0 amide bonds. The number of benzene rings is 1. The van der Waals surface area contributed by atoms with Crippen molar-refractivity contribution >= 4 is 5.69 Å². The van der Waals surface area contributed by atoms with Crippen LogP contribution in [0, 0.1) is 5.82 Å².